The van der Waals surface area contributed by atoms with Gasteiger partial charge in [0.2, 0.25) is 0 Å². The maximum atomic E-state index is 5.40. The van der Waals surface area contributed by atoms with E-state index in [0.717, 1.165) is 25.6 Å². The van der Waals surface area contributed by atoms with Crippen LogP contribution in [0.4, 0.5) is 0 Å². The van der Waals surface area contributed by atoms with Crippen LogP contribution < -0.4 is 5.32 Å². The first kappa shape index (κ1) is 9.01. The van der Waals surface area contributed by atoms with Crippen LogP contribution in [0.5, 0.6) is 0 Å². The molecule has 3 nitrogen and oxygen atoms in total. The van der Waals surface area contributed by atoms with Crippen molar-refractivity contribution in [2.75, 3.05) is 26.2 Å². The molecule has 72 valence electrons. The zero-order chi connectivity index (χ0) is 9.10. The molecule has 1 saturated heterocycles. The fraction of sp³-hybridized carbons (Fsp3) is 0.800. The lowest BCUT2D eigenvalue weighted by Crippen LogP contribution is -2.51. The molecule has 1 N–H and O–H groups in total. The summed E-state index contributed by atoms with van der Waals surface area (Å²) < 4.78 is 0. The Balaban J connectivity index is 1.75. The van der Waals surface area contributed by atoms with Crippen LogP contribution in [0, 0.1) is 18.3 Å². The Bertz CT molecular complexity index is 207. The standard InChI is InChI=1S/C10H16N2O/c1-2-7-13-12-6-5-11-10(8-12)9-3-4-9/h1,9-11H,3-8H2. The SMILES string of the molecule is C#CCON1CCNC(C2CC2)C1. The summed E-state index contributed by atoms with van der Waals surface area (Å²) in [5, 5.41) is 5.51. The molecule has 2 fully saturated rings. The van der Waals surface area contributed by atoms with Crippen molar-refractivity contribution in [2.24, 2.45) is 5.92 Å². The van der Waals surface area contributed by atoms with E-state index in [2.05, 4.69) is 11.2 Å². The molecule has 0 amide bonds. The Morgan fingerprint density at radius 1 is 1.54 bits per heavy atom. The lowest BCUT2D eigenvalue weighted by molar-refractivity contribution is -0.160. The molecule has 1 aliphatic carbocycles. The van der Waals surface area contributed by atoms with Crippen molar-refractivity contribution < 1.29 is 4.84 Å². The first-order chi connectivity index (χ1) is 6.40. The fourth-order valence-electron chi connectivity index (χ4n) is 1.81. The van der Waals surface area contributed by atoms with Gasteiger partial charge in [-0.3, -0.25) is 4.84 Å². The van der Waals surface area contributed by atoms with Gasteiger partial charge in [-0.1, -0.05) is 5.92 Å². The van der Waals surface area contributed by atoms with Crippen LogP contribution in [0.1, 0.15) is 12.8 Å². The summed E-state index contributed by atoms with van der Waals surface area (Å²) in [6.07, 6.45) is 7.89. The number of hydroxylamine groups is 2. The topological polar surface area (TPSA) is 24.5 Å². The van der Waals surface area contributed by atoms with Gasteiger partial charge in [0.25, 0.3) is 0 Å². The number of rotatable bonds is 3. The Morgan fingerprint density at radius 3 is 3.08 bits per heavy atom. The Morgan fingerprint density at radius 2 is 2.38 bits per heavy atom. The van der Waals surface area contributed by atoms with E-state index in [-0.39, 0.29) is 0 Å². The summed E-state index contributed by atoms with van der Waals surface area (Å²) in [5.74, 6) is 3.38. The van der Waals surface area contributed by atoms with Gasteiger partial charge in [-0.2, -0.15) is 5.06 Å². The third-order valence-electron chi connectivity index (χ3n) is 2.69. The lowest BCUT2D eigenvalue weighted by atomic mass is 10.1. The molecular formula is C10H16N2O. The minimum Gasteiger partial charge on any atom is -0.311 e. The van der Waals surface area contributed by atoms with Gasteiger partial charge >= 0.3 is 0 Å². The molecule has 3 heteroatoms. The maximum Gasteiger partial charge on any atom is 0.129 e. The second-order valence-electron chi connectivity index (χ2n) is 3.76. The molecular weight excluding hydrogens is 164 g/mol. The summed E-state index contributed by atoms with van der Waals surface area (Å²) in [4.78, 5) is 5.40. The van der Waals surface area contributed by atoms with Gasteiger partial charge in [-0.25, -0.2) is 0 Å². The summed E-state index contributed by atoms with van der Waals surface area (Å²) >= 11 is 0. The zero-order valence-corrected chi connectivity index (χ0v) is 7.83. The molecule has 1 atom stereocenters. The predicted molar refractivity (Wildman–Crippen MR) is 50.9 cm³/mol. The number of hydrogen-bond donors (Lipinski definition) is 1. The number of terminal acetylenes is 1. The Hall–Kier alpha value is -0.560. The van der Waals surface area contributed by atoms with E-state index in [4.69, 9.17) is 11.3 Å². The Kier molecular flexibility index (Phi) is 2.84. The normalized spacial score (nSPS) is 29.9. The van der Waals surface area contributed by atoms with Crippen LogP contribution in [0.2, 0.25) is 0 Å². The molecule has 1 aliphatic heterocycles. The highest BCUT2D eigenvalue weighted by Crippen LogP contribution is 2.33. The van der Waals surface area contributed by atoms with E-state index in [1.54, 1.807) is 0 Å². The quantitative estimate of drug-likeness (QED) is 0.629. The summed E-state index contributed by atoms with van der Waals surface area (Å²) in [6, 6.07) is 0.631. The first-order valence-corrected chi connectivity index (χ1v) is 4.95. The van der Waals surface area contributed by atoms with Gasteiger partial charge in [0.05, 0.1) is 0 Å². The maximum absolute atomic E-state index is 5.40. The summed E-state index contributed by atoms with van der Waals surface area (Å²) in [7, 11) is 0. The molecule has 0 bridgehead atoms. The largest absolute Gasteiger partial charge is 0.311 e. The molecule has 0 aromatic carbocycles. The average molecular weight is 180 g/mol. The summed E-state index contributed by atoms with van der Waals surface area (Å²) in [6.45, 7) is 3.36. The lowest BCUT2D eigenvalue weighted by Gasteiger charge is -2.32. The highest BCUT2D eigenvalue weighted by Gasteiger charge is 2.34. The van der Waals surface area contributed by atoms with Gasteiger partial charge in [0.1, 0.15) is 6.61 Å². The first-order valence-electron chi connectivity index (χ1n) is 4.95. The molecule has 1 heterocycles. The highest BCUT2D eigenvalue weighted by atomic mass is 16.7. The molecule has 2 aliphatic rings. The Labute approximate surface area is 79.4 Å². The zero-order valence-electron chi connectivity index (χ0n) is 7.83. The van der Waals surface area contributed by atoms with E-state index in [0.29, 0.717) is 12.6 Å². The van der Waals surface area contributed by atoms with E-state index in [1.165, 1.54) is 12.8 Å². The minimum absolute atomic E-state index is 0.400. The van der Waals surface area contributed by atoms with Crippen LogP contribution in [0.15, 0.2) is 0 Å². The van der Waals surface area contributed by atoms with Gasteiger partial charge < -0.3 is 5.32 Å². The average Bonchev–Trinajstić information content (AvgIpc) is 2.98. The smallest absolute Gasteiger partial charge is 0.129 e. The summed E-state index contributed by atoms with van der Waals surface area (Å²) in [5.41, 5.74) is 0. The second-order valence-corrected chi connectivity index (χ2v) is 3.76. The van der Waals surface area contributed by atoms with Crippen molar-refractivity contribution in [3.63, 3.8) is 0 Å². The van der Waals surface area contributed by atoms with Crippen molar-refractivity contribution in [3.05, 3.63) is 0 Å². The van der Waals surface area contributed by atoms with E-state index in [1.807, 2.05) is 5.06 Å². The molecule has 0 radical (unpaired) electrons. The number of nitrogens with zero attached hydrogens (tertiary/aromatic N) is 1. The molecule has 0 aromatic heterocycles. The highest BCUT2D eigenvalue weighted by molar-refractivity contribution is 4.90. The van der Waals surface area contributed by atoms with Crippen LogP contribution in [0.3, 0.4) is 0 Å². The minimum atomic E-state index is 0.400. The van der Waals surface area contributed by atoms with Crippen LogP contribution in [-0.2, 0) is 4.84 Å². The van der Waals surface area contributed by atoms with Crippen LogP contribution in [-0.4, -0.2) is 37.3 Å². The van der Waals surface area contributed by atoms with Crippen molar-refractivity contribution in [1.82, 2.24) is 10.4 Å². The number of hydrogen-bond acceptors (Lipinski definition) is 3. The molecule has 0 aromatic rings. The molecule has 1 unspecified atom stereocenters. The molecule has 1 saturated carbocycles. The second kappa shape index (κ2) is 4.10. The predicted octanol–water partition coefficient (Wildman–Crippen LogP) is 0.235. The van der Waals surface area contributed by atoms with E-state index < -0.39 is 0 Å². The van der Waals surface area contributed by atoms with Gasteiger partial charge in [0.15, 0.2) is 0 Å². The van der Waals surface area contributed by atoms with Crippen LogP contribution >= 0.6 is 0 Å². The van der Waals surface area contributed by atoms with E-state index in [9.17, 15) is 0 Å². The number of nitrogens with one attached hydrogen (secondary N) is 1. The van der Waals surface area contributed by atoms with Gasteiger partial charge in [-0.05, 0) is 18.8 Å². The molecule has 2 rings (SSSR count). The van der Waals surface area contributed by atoms with E-state index >= 15 is 0 Å². The van der Waals surface area contributed by atoms with Crippen molar-refractivity contribution in [1.29, 1.82) is 0 Å². The van der Waals surface area contributed by atoms with Gasteiger partial charge in [-0.15, -0.1) is 6.42 Å². The molecule has 13 heavy (non-hydrogen) atoms. The third kappa shape index (κ3) is 2.44. The van der Waals surface area contributed by atoms with Crippen molar-refractivity contribution in [2.45, 2.75) is 18.9 Å². The monoisotopic (exact) mass is 180 g/mol. The van der Waals surface area contributed by atoms with Crippen molar-refractivity contribution >= 4 is 0 Å². The van der Waals surface area contributed by atoms with Crippen LogP contribution in [0.25, 0.3) is 0 Å². The molecule has 0 spiro atoms. The third-order valence-corrected chi connectivity index (χ3v) is 2.69. The van der Waals surface area contributed by atoms with Crippen molar-refractivity contribution in [3.8, 4) is 12.3 Å². The fourth-order valence-corrected chi connectivity index (χ4v) is 1.81. The van der Waals surface area contributed by atoms with Gasteiger partial charge in [0, 0.05) is 25.7 Å². The number of piperazine rings is 1.